The van der Waals surface area contributed by atoms with Crippen molar-refractivity contribution in [2.45, 2.75) is 57.4 Å². The zero-order chi connectivity index (χ0) is 21.4. The fraction of sp³-hybridized carbons (Fsp3) is 0.810. The number of allylic oxidation sites excluding steroid dienone is 1. The van der Waals surface area contributed by atoms with Crippen molar-refractivity contribution in [3.05, 3.63) is 12.7 Å². The second-order valence-corrected chi connectivity index (χ2v) is 11.9. The van der Waals surface area contributed by atoms with E-state index in [0.29, 0.717) is 19.5 Å². The van der Waals surface area contributed by atoms with E-state index in [0.717, 1.165) is 51.5 Å². The van der Waals surface area contributed by atoms with Gasteiger partial charge in [0.05, 0.1) is 11.5 Å². The van der Waals surface area contributed by atoms with Gasteiger partial charge < -0.3 is 11.1 Å². The Labute approximate surface area is 178 Å². The summed E-state index contributed by atoms with van der Waals surface area (Å²) in [5.41, 5.74) is 4.86. The first-order valence-electron chi connectivity index (χ1n) is 11.2. The number of piperidine rings is 1. The van der Waals surface area contributed by atoms with Gasteiger partial charge in [0.1, 0.15) is 0 Å². The molecule has 0 radical (unpaired) electrons. The topological polar surface area (TPSA) is 122 Å². The van der Waals surface area contributed by atoms with Crippen molar-refractivity contribution < 1.29 is 18.0 Å². The molecule has 2 amide bonds. The van der Waals surface area contributed by atoms with Crippen LogP contribution in [0.3, 0.4) is 0 Å². The molecular weight excluding hydrogens is 404 g/mol. The number of nitrogens with one attached hydrogen (secondary N) is 2. The van der Waals surface area contributed by atoms with Crippen molar-refractivity contribution >= 4 is 22.0 Å². The maximum absolute atomic E-state index is 13.4. The molecule has 166 valence electrons. The van der Waals surface area contributed by atoms with E-state index in [-0.39, 0.29) is 40.5 Å². The number of fused-ring (bicyclic) bond motifs is 1. The summed E-state index contributed by atoms with van der Waals surface area (Å²) < 4.78 is 29.5. The largest absolute Gasteiger partial charge is 0.368 e. The van der Waals surface area contributed by atoms with Crippen molar-refractivity contribution in [3.63, 3.8) is 0 Å². The molecule has 0 aromatic carbocycles. The molecule has 30 heavy (non-hydrogen) atoms. The maximum atomic E-state index is 13.4. The zero-order valence-corrected chi connectivity index (χ0v) is 18.2. The standard InChI is InChI=1S/C21H32N4O4S/c1-2-14-10-21(14,18(27)24-30(28,29)25-8-4-3-5-9-25)16-6-7-20(16)12-19(20)11-15(17(22)26)23-13-19/h2,14-16,23H,1,3-13H2,(H2,22,26)(H,24,27)/t14-,15?,16?,19?,20?,21-/m1/s1. The summed E-state index contributed by atoms with van der Waals surface area (Å²) in [7, 11) is -3.81. The van der Waals surface area contributed by atoms with Gasteiger partial charge in [0, 0.05) is 19.6 Å². The van der Waals surface area contributed by atoms with Gasteiger partial charge >= 0.3 is 10.2 Å². The number of primary amides is 1. The third-order valence-corrected chi connectivity index (χ3v) is 10.5. The van der Waals surface area contributed by atoms with E-state index in [4.69, 9.17) is 5.73 Å². The van der Waals surface area contributed by atoms with Crippen LogP contribution in [-0.2, 0) is 19.8 Å². The Bertz CT molecular complexity index is 901. The Hall–Kier alpha value is -1.45. The minimum Gasteiger partial charge on any atom is -0.368 e. The Balaban J connectivity index is 1.35. The number of rotatable bonds is 6. The molecule has 2 saturated heterocycles. The van der Waals surface area contributed by atoms with Gasteiger partial charge in [-0.1, -0.05) is 12.5 Å². The summed E-state index contributed by atoms with van der Waals surface area (Å²) in [6, 6.07) is -0.302. The number of hydrogen-bond donors (Lipinski definition) is 3. The first-order chi connectivity index (χ1) is 14.2. The Kier molecular flexibility index (Phi) is 4.45. The minimum absolute atomic E-state index is 0.00943. The van der Waals surface area contributed by atoms with Crippen LogP contribution in [0.1, 0.15) is 51.4 Å². The summed E-state index contributed by atoms with van der Waals surface area (Å²) >= 11 is 0. The van der Waals surface area contributed by atoms with Crippen molar-refractivity contribution in [2.24, 2.45) is 33.8 Å². The van der Waals surface area contributed by atoms with Gasteiger partial charge in [-0.2, -0.15) is 12.7 Å². The van der Waals surface area contributed by atoms with Gasteiger partial charge in [0.25, 0.3) is 0 Å². The molecule has 2 aliphatic heterocycles. The van der Waals surface area contributed by atoms with Gasteiger partial charge in [0.2, 0.25) is 11.8 Å². The average Bonchev–Trinajstić information content (AvgIpc) is 3.52. The molecule has 3 aliphatic carbocycles. The second-order valence-electron chi connectivity index (χ2n) is 10.2. The summed E-state index contributed by atoms with van der Waals surface area (Å²) in [6.07, 6.45) is 8.82. The highest BCUT2D eigenvalue weighted by molar-refractivity contribution is 7.87. The lowest BCUT2D eigenvalue weighted by molar-refractivity contribution is -0.132. The summed E-state index contributed by atoms with van der Waals surface area (Å²) in [5.74, 6) is -0.532. The van der Waals surface area contributed by atoms with E-state index in [1.165, 1.54) is 4.31 Å². The average molecular weight is 437 g/mol. The second kappa shape index (κ2) is 6.53. The van der Waals surface area contributed by atoms with Crippen LogP contribution in [0.25, 0.3) is 0 Å². The highest BCUT2D eigenvalue weighted by Gasteiger charge is 2.82. The molecule has 0 aromatic heterocycles. The van der Waals surface area contributed by atoms with Crippen LogP contribution in [0.5, 0.6) is 0 Å². The third kappa shape index (κ3) is 2.67. The fourth-order valence-corrected chi connectivity index (χ4v) is 8.46. The molecule has 5 rings (SSSR count). The fourth-order valence-electron chi connectivity index (χ4n) is 7.16. The van der Waals surface area contributed by atoms with E-state index in [1.54, 1.807) is 0 Å². The summed E-state index contributed by atoms with van der Waals surface area (Å²) in [4.78, 5) is 25.1. The maximum Gasteiger partial charge on any atom is 0.303 e. The lowest BCUT2D eigenvalue weighted by Gasteiger charge is -2.46. The SMILES string of the molecule is C=C[C@@H]1C[C@]1(C(=O)NS(=O)(=O)N1CCCCC1)C1CCC12CC21CNC(C(N)=O)C1. The van der Waals surface area contributed by atoms with Crippen LogP contribution >= 0.6 is 0 Å². The van der Waals surface area contributed by atoms with Crippen molar-refractivity contribution in [3.8, 4) is 0 Å². The van der Waals surface area contributed by atoms with Crippen LogP contribution < -0.4 is 15.8 Å². The van der Waals surface area contributed by atoms with Gasteiger partial charge in [-0.25, -0.2) is 4.72 Å². The Morgan fingerprint density at radius 2 is 1.93 bits per heavy atom. The normalized spacial score (nSPS) is 45.1. The Morgan fingerprint density at radius 3 is 2.47 bits per heavy atom. The number of nitrogens with two attached hydrogens (primary N) is 1. The molecular formula is C21H32N4O4S. The molecule has 6 atom stereocenters. The molecule has 2 heterocycles. The van der Waals surface area contributed by atoms with E-state index in [2.05, 4.69) is 16.6 Å². The first kappa shape index (κ1) is 20.5. The first-order valence-corrected chi connectivity index (χ1v) is 12.6. The molecule has 2 spiro atoms. The molecule has 3 saturated carbocycles. The molecule has 5 aliphatic rings. The molecule has 5 fully saturated rings. The smallest absolute Gasteiger partial charge is 0.303 e. The van der Waals surface area contributed by atoms with Crippen LogP contribution in [0, 0.1) is 28.1 Å². The predicted octanol–water partition coefficient (Wildman–Crippen LogP) is 0.659. The third-order valence-electron chi connectivity index (χ3n) is 9.02. The van der Waals surface area contributed by atoms with E-state index < -0.39 is 15.6 Å². The number of hydrogen-bond acceptors (Lipinski definition) is 5. The van der Waals surface area contributed by atoms with Gasteiger partial charge in [-0.3, -0.25) is 9.59 Å². The molecule has 4 N–H and O–H groups in total. The minimum atomic E-state index is -3.81. The predicted molar refractivity (Wildman–Crippen MR) is 111 cm³/mol. The van der Waals surface area contributed by atoms with E-state index in [9.17, 15) is 18.0 Å². The highest BCUT2D eigenvalue weighted by atomic mass is 32.2. The quantitative estimate of drug-likeness (QED) is 0.528. The van der Waals surface area contributed by atoms with Crippen molar-refractivity contribution in [1.29, 1.82) is 0 Å². The van der Waals surface area contributed by atoms with Crippen molar-refractivity contribution in [2.75, 3.05) is 19.6 Å². The number of carbonyl (C=O) groups is 2. The van der Waals surface area contributed by atoms with Crippen LogP contribution in [0.2, 0.25) is 0 Å². The number of amides is 2. The summed E-state index contributed by atoms with van der Waals surface area (Å²) in [6.45, 7) is 5.59. The highest BCUT2D eigenvalue weighted by Crippen LogP contribution is 2.84. The summed E-state index contributed by atoms with van der Waals surface area (Å²) in [5, 5.41) is 3.26. The van der Waals surface area contributed by atoms with E-state index in [1.807, 2.05) is 6.08 Å². The van der Waals surface area contributed by atoms with Crippen LogP contribution in [0.4, 0.5) is 0 Å². The van der Waals surface area contributed by atoms with Crippen LogP contribution in [-0.4, -0.2) is 50.2 Å². The number of carbonyl (C=O) groups excluding carboxylic acids is 2. The van der Waals surface area contributed by atoms with Gasteiger partial charge in [-0.15, -0.1) is 6.58 Å². The van der Waals surface area contributed by atoms with Crippen molar-refractivity contribution in [1.82, 2.24) is 14.3 Å². The van der Waals surface area contributed by atoms with Gasteiger partial charge in [-0.05, 0) is 67.6 Å². The lowest BCUT2D eigenvalue weighted by Crippen LogP contribution is -2.52. The number of nitrogens with zero attached hydrogens (tertiary/aromatic N) is 1. The van der Waals surface area contributed by atoms with Crippen LogP contribution in [0.15, 0.2) is 12.7 Å². The molecule has 9 heteroatoms. The molecule has 8 nitrogen and oxygen atoms in total. The molecule has 4 unspecified atom stereocenters. The monoisotopic (exact) mass is 436 g/mol. The van der Waals surface area contributed by atoms with E-state index >= 15 is 0 Å². The lowest BCUT2D eigenvalue weighted by atomic mass is 9.58. The Morgan fingerprint density at radius 1 is 1.20 bits per heavy atom. The van der Waals surface area contributed by atoms with Gasteiger partial charge in [0.15, 0.2) is 0 Å². The molecule has 0 bridgehead atoms. The molecule has 0 aromatic rings. The zero-order valence-electron chi connectivity index (χ0n) is 17.4.